The SMILES string of the molecule is O=S(=O)(Nc1ccc(-c2ncnn3cc(C4=CCNCC4)cc23)cc1)c1ccc(Cl)cc1. The number of nitrogens with zero attached hydrogens (tertiary/aromatic N) is 3. The lowest BCUT2D eigenvalue weighted by atomic mass is 10.0. The third-order valence-corrected chi connectivity index (χ3v) is 7.02. The Bertz CT molecular complexity index is 1410. The van der Waals surface area contributed by atoms with Crippen LogP contribution in [-0.4, -0.2) is 36.1 Å². The second-order valence-electron chi connectivity index (χ2n) is 7.49. The van der Waals surface area contributed by atoms with Crippen LogP contribution in [0.1, 0.15) is 12.0 Å². The van der Waals surface area contributed by atoms with Crippen LogP contribution < -0.4 is 10.0 Å². The van der Waals surface area contributed by atoms with Crippen molar-refractivity contribution in [1.82, 2.24) is 19.9 Å². The van der Waals surface area contributed by atoms with Crippen LogP contribution in [-0.2, 0) is 10.0 Å². The maximum atomic E-state index is 12.6. The molecule has 5 rings (SSSR count). The van der Waals surface area contributed by atoms with Gasteiger partial charge in [0.25, 0.3) is 10.0 Å². The third-order valence-electron chi connectivity index (χ3n) is 5.38. The summed E-state index contributed by atoms with van der Waals surface area (Å²) in [5.74, 6) is 0. The van der Waals surface area contributed by atoms with E-state index in [0.29, 0.717) is 10.7 Å². The molecule has 1 aliphatic heterocycles. The predicted molar refractivity (Wildman–Crippen MR) is 126 cm³/mol. The molecular formula is C23H20ClN5O2S. The average molecular weight is 466 g/mol. The van der Waals surface area contributed by atoms with Gasteiger partial charge in [-0.3, -0.25) is 4.72 Å². The standard InChI is InChI=1S/C23H20ClN5O2S/c24-19-3-7-21(8-4-19)32(30,31)28-20-5-1-17(2-6-20)23-22-13-18(14-29(22)27-15-26-23)16-9-11-25-12-10-16/h1-9,13-15,25,28H,10-12H2. The van der Waals surface area contributed by atoms with Gasteiger partial charge in [-0.15, -0.1) is 0 Å². The van der Waals surface area contributed by atoms with Gasteiger partial charge in [-0.05, 0) is 66.6 Å². The van der Waals surface area contributed by atoms with Crippen molar-refractivity contribution < 1.29 is 8.42 Å². The Morgan fingerprint density at radius 3 is 2.53 bits per heavy atom. The van der Waals surface area contributed by atoms with E-state index in [0.717, 1.165) is 41.8 Å². The molecule has 2 aromatic heterocycles. The number of nitrogens with one attached hydrogen (secondary N) is 2. The van der Waals surface area contributed by atoms with Crippen molar-refractivity contribution >= 4 is 38.4 Å². The van der Waals surface area contributed by atoms with Crippen LogP contribution in [0.4, 0.5) is 5.69 Å². The zero-order chi connectivity index (χ0) is 22.1. The van der Waals surface area contributed by atoms with Crippen LogP contribution in [0.3, 0.4) is 0 Å². The van der Waals surface area contributed by atoms with Crippen molar-refractivity contribution in [3.05, 3.63) is 83.8 Å². The van der Waals surface area contributed by atoms with E-state index in [1.165, 1.54) is 24.0 Å². The number of hydrogen-bond acceptors (Lipinski definition) is 5. The van der Waals surface area contributed by atoms with Gasteiger partial charge in [-0.2, -0.15) is 5.10 Å². The highest BCUT2D eigenvalue weighted by Crippen LogP contribution is 2.28. The molecule has 7 nitrogen and oxygen atoms in total. The van der Waals surface area contributed by atoms with Gasteiger partial charge in [-0.1, -0.05) is 29.8 Å². The first-order valence-electron chi connectivity index (χ1n) is 10.1. The molecule has 3 heterocycles. The number of halogens is 1. The van der Waals surface area contributed by atoms with Crippen LogP contribution >= 0.6 is 11.6 Å². The topological polar surface area (TPSA) is 88.4 Å². The summed E-state index contributed by atoms with van der Waals surface area (Å²) in [5, 5.41) is 8.16. The minimum absolute atomic E-state index is 0.149. The van der Waals surface area contributed by atoms with E-state index in [1.807, 2.05) is 22.8 Å². The van der Waals surface area contributed by atoms with Crippen LogP contribution in [0.2, 0.25) is 5.02 Å². The molecule has 4 aromatic rings. The normalized spacial score (nSPS) is 14.3. The highest BCUT2D eigenvalue weighted by atomic mass is 35.5. The Balaban J connectivity index is 1.43. The number of rotatable bonds is 5. The molecule has 0 amide bonds. The molecule has 0 unspecified atom stereocenters. The number of hydrogen-bond donors (Lipinski definition) is 2. The van der Waals surface area contributed by atoms with Crippen LogP contribution in [0.15, 0.2) is 78.1 Å². The van der Waals surface area contributed by atoms with Crippen LogP contribution in [0.5, 0.6) is 0 Å². The lowest BCUT2D eigenvalue weighted by molar-refractivity contribution is 0.601. The van der Waals surface area contributed by atoms with E-state index < -0.39 is 10.0 Å². The highest BCUT2D eigenvalue weighted by molar-refractivity contribution is 7.92. The minimum Gasteiger partial charge on any atom is -0.313 e. The first kappa shape index (κ1) is 20.7. The Kier molecular flexibility index (Phi) is 5.42. The summed E-state index contributed by atoms with van der Waals surface area (Å²) in [6, 6.07) is 15.3. The van der Waals surface area contributed by atoms with Gasteiger partial charge in [0.1, 0.15) is 6.33 Å². The molecule has 0 bridgehead atoms. The van der Waals surface area contributed by atoms with Gasteiger partial charge in [-0.25, -0.2) is 17.9 Å². The highest BCUT2D eigenvalue weighted by Gasteiger charge is 2.15. The minimum atomic E-state index is -3.70. The molecule has 2 N–H and O–H groups in total. The lowest BCUT2D eigenvalue weighted by Crippen LogP contribution is -2.19. The molecule has 0 spiro atoms. The number of fused-ring (bicyclic) bond motifs is 1. The van der Waals surface area contributed by atoms with Gasteiger partial charge in [0, 0.05) is 29.0 Å². The fourth-order valence-electron chi connectivity index (χ4n) is 3.74. The van der Waals surface area contributed by atoms with Gasteiger partial charge in [0.15, 0.2) is 0 Å². The quantitative estimate of drug-likeness (QED) is 0.460. The Morgan fingerprint density at radius 2 is 1.81 bits per heavy atom. The van der Waals surface area contributed by atoms with Crippen molar-refractivity contribution in [2.45, 2.75) is 11.3 Å². The predicted octanol–water partition coefficient (Wildman–Crippen LogP) is 4.23. The average Bonchev–Trinajstić information content (AvgIpc) is 3.25. The zero-order valence-corrected chi connectivity index (χ0v) is 18.6. The zero-order valence-electron chi connectivity index (χ0n) is 17.0. The molecule has 0 radical (unpaired) electrons. The molecule has 0 fully saturated rings. The summed E-state index contributed by atoms with van der Waals surface area (Å²) >= 11 is 5.85. The Labute approximate surface area is 190 Å². The van der Waals surface area contributed by atoms with Crippen molar-refractivity contribution in [1.29, 1.82) is 0 Å². The van der Waals surface area contributed by atoms with Crippen molar-refractivity contribution in [3.63, 3.8) is 0 Å². The van der Waals surface area contributed by atoms with Crippen molar-refractivity contribution in [2.24, 2.45) is 0 Å². The smallest absolute Gasteiger partial charge is 0.261 e. The summed E-state index contributed by atoms with van der Waals surface area (Å²) < 4.78 is 29.6. The van der Waals surface area contributed by atoms with Gasteiger partial charge in [0.05, 0.1) is 16.1 Å². The van der Waals surface area contributed by atoms with Crippen molar-refractivity contribution in [2.75, 3.05) is 17.8 Å². The van der Waals surface area contributed by atoms with E-state index in [2.05, 4.69) is 32.3 Å². The maximum Gasteiger partial charge on any atom is 0.261 e. The molecule has 0 atom stereocenters. The Morgan fingerprint density at radius 1 is 1.03 bits per heavy atom. The van der Waals surface area contributed by atoms with E-state index in [4.69, 9.17) is 11.6 Å². The molecule has 0 saturated carbocycles. The largest absolute Gasteiger partial charge is 0.313 e. The molecule has 0 aliphatic carbocycles. The summed E-state index contributed by atoms with van der Waals surface area (Å²) in [4.78, 5) is 4.63. The molecule has 9 heteroatoms. The monoisotopic (exact) mass is 465 g/mol. The fourth-order valence-corrected chi connectivity index (χ4v) is 4.92. The lowest BCUT2D eigenvalue weighted by Gasteiger charge is -2.12. The van der Waals surface area contributed by atoms with Crippen LogP contribution in [0, 0.1) is 0 Å². The summed E-state index contributed by atoms with van der Waals surface area (Å²) in [6.45, 7) is 1.83. The first-order valence-corrected chi connectivity index (χ1v) is 12.0. The molecule has 162 valence electrons. The second-order valence-corrected chi connectivity index (χ2v) is 9.61. The molecular weight excluding hydrogens is 446 g/mol. The number of benzene rings is 2. The first-order chi connectivity index (χ1) is 15.5. The maximum absolute atomic E-state index is 12.6. The van der Waals surface area contributed by atoms with Crippen LogP contribution in [0.25, 0.3) is 22.3 Å². The fraction of sp³-hybridized carbons (Fsp3) is 0.130. The van der Waals surface area contributed by atoms with Gasteiger partial charge in [0.2, 0.25) is 0 Å². The van der Waals surface area contributed by atoms with E-state index >= 15 is 0 Å². The molecule has 0 saturated heterocycles. The third kappa shape index (κ3) is 4.12. The molecule has 32 heavy (non-hydrogen) atoms. The van der Waals surface area contributed by atoms with Gasteiger partial charge < -0.3 is 5.32 Å². The van der Waals surface area contributed by atoms with E-state index in [9.17, 15) is 8.42 Å². The van der Waals surface area contributed by atoms with Gasteiger partial charge >= 0.3 is 0 Å². The van der Waals surface area contributed by atoms with E-state index in [-0.39, 0.29) is 4.90 Å². The second kappa shape index (κ2) is 8.38. The summed E-state index contributed by atoms with van der Waals surface area (Å²) in [7, 11) is -3.70. The number of sulfonamides is 1. The number of anilines is 1. The summed E-state index contributed by atoms with van der Waals surface area (Å²) in [5.41, 5.74) is 5.46. The molecule has 1 aliphatic rings. The number of aromatic nitrogens is 3. The Hall–Kier alpha value is -3.20. The van der Waals surface area contributed by atoms with Crippen molar-refractivity contribution in [3.8, 4) is 11.3 Å². The molecule has 2 aromatic carbocycles. The summed E-state index contributed by atoms with van der Waals surface area (Å²) in [6.07, 6.45) is 6.72. The van der Waals surface area contributed by atoms with E-state index in [1.54, 1.807) is 24.3 Å².